The number of ether oxygens (including phenoxy) is 1. The molecule has 5 rings (SSSR count). The Morgan fingerprint density at radius 3 is 2.90 bits per heavy atom. The van der Waals surface area contributed by atoms with Crippen molar-refractivity contribution in [3.63, 3.8) is 0 Å². The summed E-state index contributed by atoms with van der Waals surface area (Å²) in [6.45, 7) is 5.90. The number of anilines is 1. The third kappa shape index (κ3) is 3.29. The number of amides is 1. The molecule has 3 fully saturated rings. The van der Waals surface area contributed by atoms with E-state index >= 15 is 0 Å². The normalized spacial score (nSPS) is 28.1. The number of morpholine rings is 1. The molecule has 7 nitrogen and oxygen atoms in total. The van der Waals surface area contributed by atoms with Crippen LogP contribution in [0.3, 0.4) is 0 Å². The lowest BCUT2D eigenvalue weighted by Crippen LogP contribution is -2.67. The average molecular weight is 428 g/mol. The first kappa shape index (κ1) is 20.9. The number of hydrogen-bond acceptors (Lipinski definition) is 6. The number of aromatic nitrogens is 1. The van der Waals surface area contributed by atoms with Crippen LogP contribution in [0.4, 0.5) is 5.69 Å². The Morgan fingerprint density at radius 2 is 2.20 bits per heavy atom. The Kier molecular flexibility index (Phi) is 5.58. The number of fused-ring (bicyclic) bond motifs is 1. The minimum atomic E-state index is -0.473. The molecule has 0 bridgehead atoms. The molecule has 0 radical (unpaired) electrons. The Morgan fingerprint density at radius 1 is 1.33 bits per heavy atom. The lowest BCUT2D eigenvalue weighted by atomic mass is 9.83. The molecule has 2 aromatic rings. The van der Waals surface area contributed by atoms with Crippen molar-refractivity contribution in [3.05, 3.63) is 36.0 Å². The minimum Gasteiger partial charge on any atom is -0.365 e. The van der Waals surface area contributed by atoms with Gasteiger partial charge in [-0.1, -0.05) is 0 Å². The molecule has 1 N–H and O–H groups in total. The van der Waals surface area contributed by atoms with Gasteiger partial charge in [0.2, 0.25) is 0 Å². The second-order valence-corrected chi connectivity index (χ2v) is 8.37. The summed E-state index contributed by atoms with van der Waals surface area (Å²) in [5.74, 6) is 0.104. The first-order valence-electron chi connectivity index (χ1n) is 10.3. The van der Waals surface area contributed by atoms with Crippen molar-refractivity contribution in [1.82, 2.24) is 15.2 Å². The van der Waals surface area contributed by atoms with E-state index in [4.69, 9.17) is 4.74 Å². The van der Waals surface area contributed by atoms with E-state index in [1.54, 1.807) is 6.20 Å². The standard InChI is InChI=1S/C22H25N5O2.ClH/c1-15-12-26(18-5-4-16(11-23)20-17(18)3-2-8-25-20)13-19(29-15)21(28)27-10-7-22(27)6-9-24-14-22;/h2-5,8,15,19,24H,6-7,9-10,12-14H2,1H3;1H/t15-,19-,22?;/m1./s1. The number of nitrogens with one attached hydrogen (secondary N) is 1. The van der Waals surface area contributed by atoms with E-state index in [9.17, 15) is 10.1 Å². The van der Waals surface area contributed by atoms with Crippen LogP contribution in [0.25, 0.3) is 10.9 Å². The molecule has 3 saturated heterocycles. The maximum atomic E-state index is 13.3. The monoisotopic (exact) mass is 427 g/mol. The van der Waals surface area contributed by atoms with E-state index in [0.717, 1.165) is 43.5 Å². The van der Waals surface area contributed by atoms with E-state index in [-0.39, 0.29) is 30.0 Å². The summed E-state index contributed by atoms with van der Waals surface area (Å²) in [6, 6.07) is 9.88. The van der Waals surface area contributed by atoms with Gasteiger partial charge in [-0.25, -0.2) is 0 Å². The molecule has 3 aliphatic rings. The number of halogens is 1. The summed E-state index contributed by atoms with van der Waals surface area (Å²) in [4.78, 5) is 22.0. The fraction of sp³-hybridized carbons (Fsp3) is 0.500. The predicted octanol–water partition coefficient (Wildman–Crippen LogP) is 2.09. The van der Waals surface area contributed by atoms with Crippen molar-refractivity contribution in [2.24, 2.45) is 0 Å². The quantitative estimate of drug-likeness (QED) is 0.790. The van der Waals surface area contributed by atoms with Crippen LogP contribution in [-0.4, -0.2) is 66.3 Å². The molecule has 0 aliphatic carbocycles. The smallest absolute Gasteiger partial charge is 0.254 e. The van der Waals surface area contributed by atoms with Crippen LogP contribution < -0.4 is 10.2 Å². The number of carbonyl (C=O) groups excluding carboxylic acids is 1. The number of benzene rings is 1. The van der Waals surface area contributed by atoms with Gasteiger partial charge >= 0.3 is 0 Å². The van der Waals surface area contributed by atoms with Crippen LogP contribution in [-0.2, 0) is 9.53 Å². The van der Waals surface area contributed by atoms with E-state index < -0.39 is 6.10 Å². The van der Waals surface area contributed by atoms with Gasteiger partial charge in [-0.3, -0.25) is 9.78 Å². The molecular weight excluding hydrogens is 402 g/mol. The number of nitriles is 1. The topological polar surface area (TPSA) is 81.5 Å². The zero-order valence-electron chi connectivity index (χ0n) is 17.0. The van der Waals surface area contributed by atoms with Gasteiger partial charge in [-0.2, -0.15) is 5.26 Å². The maximum Gasteiger partial charge on any atom is 0.254 e. The molecule has 3 atom stereocenters. The molecule has 8 heteroatoms. The average Bonchev–Trinajstić information content (AvgIpc) is 3.24. The van der Waals surface area contributed by atoms with Crippen LogP contribution >= 0.6 is 12.4 Å². The molecule has 1 aromatic carbocycles. The number of likely N-dealkylation sites (tertiary alicyclic amines) is 1. The second kappa shape index (κ2) is 8.03. The summed E-state index contributed by atoms with van der Waals surface area (Å²) in [6.07, 6.45) is 3.28. The van der Waals surface area contributed by atoms with Gasteiger partial charge in [0, 0.05) is 36.9 Å². The molecule has 1 amide bonds. The van der Waals surface area contributed by atoms with Gasteiger partial charge in [-0.05, 0) is 50.6 Å². The van der Waals surface area contributed by atoms with Gasteiger partial charge in [0.1, 0.15) is 6.07 Å². The van der Waals surface area contributed by atoms with Crippen molar-refractivity contribution in [1.29, 1.82) is 5.26 Å². The van der Waals surface area contributed by atoms with Gasteiger partial charge in [0.05, 0.1) is 29.3 Å². The van der Waals surface area contributed by atoms with Crippen molar-refractivity contribution < 1.29 is 9.53 Å². The van der Waals surface area contributed by atoms with Crippen LogP contribution in [0.15, 0.2) is 30.5 Å². The first-order chi connectivity index (χ1) is 14.1. The van der Waals surface area contributed by atoms with Gasteiger partial charge < -0.3 is 19.9 Å². The van der Waals surface area contributed by atoms with Crippen LogP contribution in [0.2, 0.25) is 0 Å². The first-order valence-corrected chi connectivity index (χ1v) is 10.3. The second-order valence-electron chi connectivity index (χ2n) is 8.37. The number of pyridine rings is 1. The third-order valence-electron chi connectivity index (χ3n) is 6.60. The number of rotatable bonds is 2. The molecule has 1 spiro atoms. The number of hydrogen-bond donors (Lipinski definition) is 1. The highest BCUT2D eigenvalue weighted by Crippen LogP contribution is 2.37. The molecule has 30 heavy (non-hydrogen) atoms. The van der Waals surface area contributed by atoms with Crippen LogP contribution in [0.1, 0.15) is 25.3 Å². The highest BCUT2D eigenvalue weighted by Gasteiger charge is 2.51. The summed E-state index contributed by atoms with van der Waals surface area (Å²) in [7, 11) is 0. The SMILES string of the molecule is C[C@@H]1CN(c2ccc(C#N)c3ncccc23)C[C@H](C(=O)N2CCC23CCNC3)O1.Cl. The van der Waals surface area contributed by atoms with E-state index in [1.807, 2.05) is 36.1 Å². The third-order valence-corrected chi connectivity index (χ3v) is 6.60. The Labute approximate surface area is 182 Å². The fourth-order valence-corrected chi connectivity index (χ4v) is 5.04. The predicted molar refractivity (Wildman–Crippen MR) is 117 cm³/mol. The van der Waals surface area contributed by atoms with Crippen molar-refractivity contribution in [2.75, 3.05) is 37.6 Å². The largest absolute Gasteiger partial charge is 0.365 e. The summed E-state index contributed by atoms with van der Waals surface area (Å²) >= 11 is 0. The van der Waals surface area contributed by atoms with Crippen molar-refractivity contribution in [3.8, 4) is 6.07 Å². The Hall–Kier alpha value is -2.40. The van der Waals surface area contributed by atoms with Crippen LogP contribution in [0.5, 0.6) is 0 Å². The van der Waals surface area contributed by atoms with Gasteiger partial charge in [0.15, 0.2) is 6.10 Å². The summed E-state index contributed by atoms with van der Waals surface area (Å²) < 4.78 is 6.10. The van der Waals surface area contributed by atoms with Crippen molar-refractivity contribution in [2.45, 2.75) is 37.5 Å². The molecular formula is C22H26ClN5O2. The molecule has 1 unspecified atom stereocenters. The van der Waals surface area contributed by atoms with E-state index in [2.05, 4.69) is 21.3 Å². The minimum absolute atomic E-state index is 0. The highest BCUT2D eigenvalue weighted by molar-refractivity contribution is 5.95. The van der Waals surface area contributed by atoms with E-state index in [0.29, 0.717) is 24.2 Å². The lowest BCUT2D eigenvalue weighted by molar-refractivity contribution is -0.163. The van der Waals surface area contributed by atoms with Gasteiger partial charge in [0.25, 0.3) is 5.91 Å². The molecule has 158 valence electrons. The lowest BCUT2D eigenvalue weighted by Gasteiger charge is -2.52. The maximum absolute atomic E-state index is 13.3. The zero-order valence-corrected chi connectivity index (χ0v) is 17.8. The fourth-order valence-electron chi connectivity index (χ4n) is 5.04. The molecule has 0 saturated carbocycles. The van der Waals surface area contributed by atoms with E-state index in [1.165, 1.54) is 0 Å². The zero-order chi connectivity index (χ0) is 20.0. The molecule has 4 heterocycles. The number of carbonyl (C=O) groups is 1. The van der Waals surface area contributed by atoms with Gasteiger partial charge in [-0.15, -0.1) is 12.4 Å². The molecule has 3 aliphatic heterocycles. The van der Waals surface area contributed by atoms with Crippen molar-refractivity contribution >= 4 is 34.9 Å². The highest BCUT2D eigenvalue weighted by atomic mass is 35.5. The summed E-state index contributed by atoms with van der Waals surface area (Å²) in [5.41, 5.74) is 2.26. The number of nitrogens with zero attached hydrogens (tertiary/aromatic N) is 4. The summed E-state index contributed by atoms with van der Waals surface area (Å²) in [5, 5.41) is 13.7. The molecule has 1 aromatic heterocycles. The Balaban J connectivity index is 0.00000218. The van der Waals surface area contributed by atoms with Crippen LogP contribution in [0, 0.1) is 11.3 Å². The Bertz CT molecular complexity index is 1000.